The number of benzene rings is 2. The Morgan fingerprint density at radius 3 is 2.60 bits per heavy atom. The highest BCUT2D eigenvalue weighted by molar-refractivity contribution is 6.42. The number of carbonyl (C=O) groups excluding carboxylic acids is 1. The van der Waals surface area contributed by atoms with Gasteiger partial charge in [-0.25, -0.2) is 4.39 Å². The molecule has 0 saturated heterocycles. The quantitative estimate of drug-likeness (QED) is 0.773. The molecule has 0 atom stereocenters. The Hall–Kier alpha value is -1.58. The van der Waals surface area contributed by atoms with E-state index in [2.05, 4.69) is 0 Å². The molecule has 0 fully saturated rings. The van der Waals surface area contributed by atoms with Gasteiger partial charge in [-0.2, -0.15) is 0 Å². The van der Waals surface area contributed by atoms with Crippen molar-refractivity contribution in [3.05, 3.63) is 63.4 Å². The van der Waals surface area contributed by atoms with Crippen LogP contribution in [-0.4, -0.2) is 12.9 Å². The number of halogens is 3. The van der Waals surface area contributed by atoms with Crippen LogP contribution < -0.4 is 4.74 Å². The molecule has 0 spiro atoms. The molecule has 2 rings (SSSR count). The van der Waals surface area contributed by atoms with Gasteiger partial charge in [0.15, 0.2) is 17.3 Å². The van der Waals surface area contributed by atoms with Crippen molar-refractivity contribution in [3.8, 4) is 5.75 Å². The van der Waals surface area contributed by atoms with Crippen LogP contribution in [0.4, 0.5) is 4.39 Å². The van der Waals surface area contributed by atoms with Crippen molar-refractivity contribution in [2.24, 2.45) is 0 Å². The molecule has 20 heavy (non-hydrogen) atoms. The van der Waals surface area contributed by atoms with E-state index in [-0.39, 0.29) is 23.5 Å². The number of carbonyl (C=O) groups is 1. The van der Waals surface area contributed by atoms with E-state index < -0.39 is 5.82 Å². The number of ketones is 1. The summed E-state index contributed by atoms with van der Waals surface area (Å²) >= 11 is 11.7. The first kappa shape index (κ1) is 14.8. The molecule has 0 aliphatic heterocycles. The summed E-state index contributed by atoms with van der Waals surface area (Å²) in [6.07, 6.45) is -0.0685. The Labute approximate surface area is 126 Å². The molecule has 0 unspecified atom stereocenters. The van der Waals surface area contributed by atoms with Gasteiger partial charge in [0.2, 0.25) is 0 Å². The van der Waals surface area contributed by atoms with Gasteiger partial charge in [0.05, 0.1) is 17.2 Å². The van der Waals surface area contributed by atoms with Gasteiger partial charge < -0.3 is 4.74 Å². The van der Waals surface area contributed by atoms with Gasteiger partial charge in [-0.15, -0.1) is 0 Å². The molecule has 0 aliphatic carbocycles. The number of hydrogen-bond donors (Lipinski definition) is 0. The van der Waals surface area contributed by atoms with E-state index >= 15 is 0 Å². The second-order valence-electron chi connectivity index (χ2n) is 4.16. The SMILES string of the molecule is COc1cccc(CC(=O)c2ccc(Cl)c(Cl)c2)c1F. The molecule has 0 bridgehead atoms. The van der Waals surface area contributed by atoms with Crippen LogP contribution in [0.25, 0.3) is 0 Å². The van der Waals surface area contributed by atoms with Crippen LogP contribution in [-0.2, 0) is 6.42 Å². The van der Waals surface area contributed by atoms with Gasteiger partial charge in [0.1, 0.15) is 0 Å². The minimum Gasteiger partial charge on any atom is -0.494 e. The first-order valence-electron chi connectivity index (χ1n) is 5.82. The third-order valence-electron chi connectivity index (χ3n) is 2.86. The lowest BCUT2D eigenvalue weighted by molar-refractivity contribution is 0.0991. The van der Waals surface area contributed by atoms with E-state index in [1.165, 1.54) is 19.2 Å². The van der Waals surface area contributed by atoms with Crippen LogP contribution in [0.2, 0.25) is 10.0 Å². The maximum Gasteiger partial charge on any atom is 0.168 e. The highest BCUT2D eigenvalue weighted by atomic mass is 35.5. The molecule has 0 amide bonds. The lowest BCUT2D eigenvalue weighted by atomic mass is 10.0. The number of hydrogen-bond acceptors (Lipinski definition) is 2. The van der Waals surface area contributed by atoms with Crippen LogP contribution in [0.15, 0.2) is 36.4 Å². The summed E-state index contributed by atoms with van der Waals surface area (Å²) in [4.78, 5) is 12.1. The molecular formula is C15H11Cl2FO2. The molecule has 2 aromatic rings. The predicted octanol–water partition coefficient (Wildman–Crippen LogP) is 4.57. The van der Waals surface area contributed by atoms with Gasteiger partial charge in [0, 0.05) is 12.0 Å². The summed E-state index contributed by atoms with van der Waals surface area (Å²) in [6.45, 7) is 0. The zero-order valence-corrected chi connectivity index (χ0v) is 12.1. The summed E-state index contributed by atoms with van der Waals surface area (Å²) < 4.78 is 18.9. The minimum absolute atomic E-state index is 0.0685. The highest BCUT2D eigenvalue weighted by Crippen LogP contribution is 2.25. The van der Waals surface area contributed by atoms with E-state index in [4.69, 9.17) is 27.9 Å². The Kier molecular flexibility index (Phi) is 4.63. The third-order valence-corrected chi connectivity index (χ3v) is 3.59. The molecule has 2 aromatic carbocycles. The van der Waals surface area contributed by atoms with E-state index in [1.54, 1.807) is 24.3 Å². The van der Waals surface area contributed by atoms with Crippen molar-refractivity contribution >= 4 is 29.0 Å². The molecule has 0 radical (unpaired) electrons. The highest BCUT2D eigenvalue weighted by Gasteiger charge is 2.14. The topological polar surface area (TPSA) is 26.3 Å². The Bertz CT molecular complexity index is 656. The lowest BCUT2D eigenvalue weighted by Crippen LogP contribution is -2.06. The third kappa shape index (κ3) is 3.11. The standard InChI is InChI=1S/C15H11Cl2FO2/c1-20-14-4-2-3-10(15(14)18)8-13(19)9-5-6-11(16)12(17)7-9/h2-7H,8H2,1H3. The smallest absolute Gasteiger partial charge is 0.168 e. The van der Waals surface area contributed by atoms with Gasteiger partial charge in [-0.05, 0) is 29.8 Å². The fourth-order valence-electron chi connectivity index (χ4n) is 1.80. The molecule has 5 heteroatoms. The second kappa shape index (κ2) is 6.25. The second-order valence-corrected chi connectivity index (χ2v) is 4.98. The van der Waals surface area contributed by atoms with E-state index in [9.17, 15) is 9.18 Å². The Morgan fingerprint density at radius 1 is 1.20 bits per heavy atom. The summed E-state index contributed by atoms with van der Waals surface area (Å²) in [5.74, 6) is -0.649. The largest absolute Gasteiger partial charge is 0.494 e. The molecule has 2 nitrogen and oxygen atoms in total. The zero-order valence-electron chi connectivity index (χ0n) is 10.6. The zero-order chi connectivity index (χ0) is 14.7. The fourth-order valence-corrected chi connectivity index (χ4v) is 2.09. The molecule has 0 saturated carbocycles. The first-order valence-corrected chi connectivity index (χ1v) is 6.58. The van der Waals surface area contributed by atoms with E-state index in [0.29, 0.717) is 15.6 Å². The van der Waals surface area contributed by atoms with Gasteiger partial charge in [0.25, 0.3) is 0 Å². The molecule has 0 heterocycles. The predicted molar refractivity (Wildman–Crippen MR) is 77.4 cm³/mol. The maximum absolute atomic E-state index is 14.0. The van der Waals surface area contributed by atoms with Crippen LogP contribution in [0.3, 0.4) is 0 Å². The van der Waals surface area contributed by atoms with Gasteiger partial charge in [-0.1, -0.05) is 35.3 Å². The molecule has 0 aromatic heterocycles. The molecular weight excluding hydrogens is 302 g/mol. The summed E-state index contributed by atoms with van der Waals surface area (Å²) in [5.41, 5.74) is 0.669. The van der Waals surface area contributed by atoms with Gasteiger partial charge >= 0.3 is 0 Å². The van der Waals surface area contributed by atoms with Crippen LogP contribution in [0.5, 0.6) is 5.75 Å². The number of rotatable bonds is 4. The van der Waals surface area contributed by atoms with Crippen molar-refractivity contribution in [2.45, 2.75) is 6.42 Å². The van der Waals surface area contributed by atoms with Crippen molar-refractivity contribution < 1.29 is 13.9 Å². The van der Waals surface area contributed by atoms with Crippen molar-refractivity contribution in [1.82, 2.24) is 0 Å². The molecule has 0 aliphatic rings. The molecule has 104 valence electrons. The van der Waals surface area contributed by atoms with Crippen molar-refractivity contribution in [3.63, 3.8) is 0 Å². The average molecular weight is 313 g/mol. The van der Waals surface area contributed by atoms with Crippen molar-refractivity contribution in [1.29, 1.82) is 0 Å². The van der Waals surface area contributed by atoms with E-state index in [1.807, 2.05) is 0 Å². The fraction of sp³-hybridized carbons (Fsp3) is 0.133. The Morgan fingerprint density at radius 2 is 1.95 bits per heavy atom. The normalized spacial score (nSPS) is 10.4. The van der Waals surface area contributed by atoms with Crippen LogP contribution in [0, 0.1) is 5.82 Å². The summed E-state index contributed by atoms with van der Waals surface area (Å²) in [5, 5.41) is 0.666. The first-order chi connectivity index (χ1) is 9.52. The van der Waals surface area contributed by atoms with E-state index in [0.717, 1.165) is 0 Å². The van der Waals surface area contributed by atoms with Crippen molar-refractivity contribution in [2.75, 3.05) is 7.11 Å². The molecule has 0 N–H and O–H groups in total. The number of methoxy groups -OCH3 is 1. The maximum atomic E-state index is 14.0. The Balaban J connectivity index is 2.25. The van der Waals surface area contributed by atoms with Crippen LogP contribution in [0.1, 0.15) is 15.9 Å². The number of ether oxygens (including phenoxy) is 1. The lowest BCUT2D eigenvalue weighted by Gasteiger charge is -2.07. The summed E-state index contributed by atoms with van der Waals surface area (Å²) in [7, 11) is 1.38. The monoisotopic (exact) mass is 312 g/mol. The minimum atomic E-state index is -0.525. The van der Waals surface area contributed by atoms with Gasteiger partial charge in [-0.3, -0.25) is 4.79 Å². The number of Topliss-reactive ketones (excluding diaryl/α,β-unsaturated/α-hetero) is 1. The van der Waals surface area contributed by atoms with Crippen LogP contribution >= 0.6 is 23.2 Å². The average Bonchev–Trinajstić information content (AvgIpc) is 2.44. The summed E-state index contributed by atoms with van der Waals surface area (Å²) in [6, 6.07) is 9.27.